The van der Waals surface area contributed by atoms with Crippen molar-refractivity contribution >= 4 is 0 Å². The Labute approximate surface area is 79.5 Å². The summed E-state index contributed by atoms with van der Waals surface area (Å²) in [4.78, 5) is 0. The Kier molecular flexibility index (Phi) is 7.71. The molecule has 0 saturated heterocycles. The van der Waals surface area contributed by atoms with E-state index in [-0.39, 0.29) is 0 Å². The normalized spacial score (nSPS) is 11.1. The Bertz CT molecular complexity index is 74.2. The van der Waals surface area contributed by atoms with Crippen molar-refractivity contribution in [3.63, 3.8) is 0 Å². The van der Waals surface area contributed by atoms with E-state index in [1.807, 2.05) is 0 Å². The molecule has 0 bridgehead atoms. The molecule has 0 atom stereocenters. The predicted molar refractivity (Wildman–Crippen MR) is 41.6 cm³/mol. The van der Waals surface area contributed by atoms with E-state index >= 15 is 0 Å². The number of hydrogen-bond donors (Lipinski definition) is 0. The Hall–Kier alpha value is 0.634. The summed E-state index contributed by atoms with van der Waals surface area (Å²) < 4.78 is 10.7. The zero-order valence-corrected chi connectivity index (χ0v) is 9.45. The molecule has 0 saturated carbocycles. The molecule has 3 heteroatoms. The minimum atomic E-state index is -0.563. The first kappa shape index (κ1) is 11.6. The molecule has 66 valence electrons. The molecule has 0 aromatic heterocycles. The van der Waals surface area contributed by atoms with Gasteiger partial charge in [0.25, 0.3) is 0 Å². The van der Waals surface area contributed by atoms with Crippen LogP contribution in [0.3, 0.4) is 0 Å². The van der Waals surface area contributed by atoms with Gasteiger partial charge in [-0.15, -0.1) is 0 Å². The van der Waals surface area contributed by atoms with Gasteiger partial charge in [-0.05, 0) is 0 Å². The van der Waals surface area contributed by atoms with Gasteiger partial charge in [-0.1, -0.05) is 0 Å². The number of rotatable bonds is 6. The quantitative estimate of drug-likeness (QED) is 0.476. The molecule has 0 unspecified atom stereocenters. The van der Waals surface area contributed by atoms with Gasteiger partial charge in [0.1, 0.15) is 0 Å². The van der Waals surface area contributed by atoms with Gasteiger partial charge >= 0.3 is 79.3 Å². The summed E-state index contributed by atoms with van der Waals surface area (Å²) in [6, 6.07) is 0. The Morgan fingerprint density at radius 1 is 0.909 bits per heavy atom. The predicted octanol–water partition coefficient (Wildman–Crippen LogP) is 2.24. The van der Waals surface area contributed by atoms with Crippen molar-refractivity contribution in [2.75, 3.05) is 13.2 Å². The van der Waals surface area contributed by atoms with Crippen LogP contribution in [-0.4, -0.2) is 13.2 Å². The fraction of sp³-hybridized carbons (Fsp3) is 1.00. The molecule has 0 spiro atoms. The van der Waals surface area contributed by atoms with Crippen LogP contribution < -0.4 is 0 Å². The molecule has 0 aliphatic heterocycles. The first-order chi connectivity index (χ1) is 5.13. The van der Waals surface area contributed by atoms with Crippen LogP contribution in [0.2, 0.25) is 0 Å². The van der Waals surface area contributed by atoms with Crippen molar-refractivity contribution in [3.05, 3.63) is 0 Å². The fourth-order valence-corrected chi connectivity index (χ4v) is 1.83. The first-order valence-corrected chi connectivity index (χ1v) is 5.39. The molecule has 0 fully saturated rings. The van der Waals surface area contributed by atoms with Gasteiger partial charge in [-0.25, -0.2) is 0 Å². The molecule has 11 heavy (non-hydrogen) atoms. The third-order valence-electron chi connectivity index (χ3n) is 0.951. The molecule has 0 heterocycles. The van der Waals surface area contributed by atoms with E-state index in [1.165, 1.54) is 0 Å². The molecule has 0 N–H and O–H groups in total. The SMILES string of the molecule is CC(C)C[O][Ti][O]CC(C)C. The second kappa shape index (κ2) is 7.29. The topological polar surface area (TPSA) is 18.5 Å². The monoisotopic (exact) mass is 194 g/mol. The van der Waals surface area contributed by atoms with Crippen LogP contribution in [0.5, 0.6) is 0 Å². The van der Waals surface area contributed by atoms with E-state index in [0.717, 1.165) is 13.2 Å². The molecule has 0 amide bonds. The average molecular weight is 194 g/mol. The van der Waals surface area contributed by atoms with Crippen LogP contribution in [-0.2, 0) is 26.6 Å². The van der Waals surface area contributed by atoms with Gasteiger partial charge in [0.2, 0.25) is 0 Å². The van der Waals surface area contributed by atoms with Crippen molar-refractivity contribution in [2.45, 2.75) is 27.7 Å². The maximum absolute atomic E-state index is 5.35. The van der Waals surface area contributed by atoms with Crippen LogP contribution in [0.15, 0.2) is 0 Å². The molecule has 0 rings (SSSR count). The molecule has 0 aromatic carbocycles. The van der Waals surface area contributed by atoms with Crippen molar-refractivity contribution < 1.29 is 26.6 Å². The van der Waals surface area contributed by atoms with E-state index in [0.29, 0.717) is 11.8 Å². The summed E-state index contributed by atoms with van der Waals surface area (Å²) in [6.07, 6.45) is 0. The Morgan fingerprint density at radius 2 is 1.27 bits per heavy atom. The van der Waals surface area contributed by atoms with Gasteiger partial charge in [-0.3, -0.25) is 0 Å². The van der Waals surface area contributed by atoms with Gasteiger partial charge in [-0.2, -0.15) is 0 Å². The van der Waals surface area contributed by atoms with Crippen molar-refractivity contribution in [2.24, 2.45) is 11.8 Å². The first-order valence-electron chi connectivity index (χ1n) is 4.11. The summed E-state index contributed by atoms with van der Waals surface area (Å²) >= 11 is -0.563. The van der Waals surface area contributed by atoms with Crippen LogP contribution in [0.4, 0.5) is 0 Å². The third kappa shape index (κ3) is 10.6. The standard InChI is InChI=1S/2C4H9O.Ti/c2*1-4(2)3-5;/h2*4H,3H2,1-2H3;/q2*-1;+2. The summed E-state index contributed by atoms with van der Waals surface area (Å²) in [5, 5.41) is 0. The van der Waals surface area contributed by atoms with Crippen LogP contribution in [0.1, 0.15) is 27.7 Å². The van der Waals surface area contributed by atoms with Crippen LogP contribution in [0.25, 0.3) is 0 Å². The molecule has 0 aliphatic rings. The number of hydrogen-bond acceptors (Lipinski definition) is 2. The van der Waals surface area contributed by atoms with E-state index < -0.39 is 19.9 Å². The van der Waals surface area contributed by atoms with E-state index in [2.05, 4.69) is 27.7 Å². The Balaban J connectivity index is 2.91. The van der Waals surface area contributed by atoms with E-state index in [1.54, 1.807) is 0 Å². The molecule has 0 aromatic rings. The zero-order valence-electron chi connectivity index (χ0n) is 7.89. The average Bonchev–Trinajstić information content (AvgIpc) is 1.85. The van der Waals surface area contributed by atoms with Gasteiger partial charge < -0.3 is 0 Å². The van der Waals surface area contributed by atoms with Gasteiger partial charge in [0, 0.05) is 0 Å². The van der Waals surface area contributed by atoms with Gasteiger partial charge in [0.15, 0.2) is 0 Å². The van der Waals surface area contributed by atoms with Crippen molar-refractivity contribution in [1.29, 1.82) is 0 Å². The third-order valence-corrected chi connectivity index (χ3v) is 1.84. The maximum atomic E-state index is 5.35. The molecular formula is C8H18O2Ti. The Morgan fingerprint density at radius 3 is 1.55 bits per heavy atom. The zero-order chi connectivity index (χ0) is 8.69. The summed E-state index contributed by atoms with van der Waals surface area (Å²) in [5.74, 6) is 1.25. The molecule has 2 nitrogen and oxygen atoms in total. The summed E-state index contributed by atoms with van der Waals surface area (Å²) in [5.41, 5.74) is 0. The second-order valence-electron chi connectivity index (χ2n) is 3.49. The van der Waals surface area contributed by atoms with Crippen LogP contribution in [0, 0.1) is 11.8 Å². The summed E-state index contributed by atoms with van der Waals surface area (Å²) in [7, 11) is 0. The molecule has 0 radical (unpaired) electrons. The van der Waals surface area contributed by atoms with Crippen molar-refractivity contribution in [1.82, 2.24) is 0 Å². The molecular weight excluding hydrogens is 176 g/mol. The van der Waals surface area contributed by atoms with Crippen molar-refractivity contribution in [3.8, 4) is 0 Å². The molecule has 0 aliphatic carbocycles. The van der Waals surface area contributed by atoms with E-state index in [4.69, 9.17) is 6.64 Å². The second-order valence-corrected chi connectivity index (χ2v) is 4.65. The van der Waals surface area contributed by atoms with Crippen LogP contribution >= 0.6 is 0 Å². The fourth-order valence-electron chi connectivity index (χ4n) is 0.443. The van der Waals surface area contributed by atoms with E-state index in [9.17, 15) is 0 Å². The van der Waals surface area contributed by atoms with Gasteiger partial charge in [0.05, 0.1) is 0 Å². The summed E-state index contributed by atoms with van der Waals surface area (Å²) in [6.45, 7) is 10.3. The minimum absolute atomic E-state index is 0.563.